The van der Waals surface area contributed by atoms with Gasteiger partial charge in [0.25, 0.3) is 11.8 Å². The van der Waals surface area contributed by atoms with Crippen LogP contribution in [0.1, 0.15) is 18.1 Å². The van der Waals surface area contributed by atoms with Gasteiger partial charge in [0.1, 0.15) is 41.9 Å². The Morgan fingerprint density at radius 2 is 1.82 bits per heavy atom. The lowest BCUT2D eigenvalue weighted by Crippen LogP contribution is -2.58. The van der Waals surface area contributed by atoms with E-state index >= 15 is 0 Å². The van der Waals surface area contributed by atoms with Crippen LogP contribution in [0.4, 0.5) is 13.2 Å². The van der Waals surface area contributed by atoms with Crippen LogP contribution < -0.4 is 5.32 Å². The van der Waals surface area contributed by atoms with Gasteiger partial charge in [0, 0.05) is 43.0 Å². The molecule has 1 fully saturated rings. The van der Waals surface area contributed by atoms with Gasteiger partial charge < -0.3 is 25.0 Å². The third-order valence-corrected chi connectivity index (χ3v) is 6.87. The van der Waals surface area contributed by atoms with Gasteiger partial charge in [0.2, 0.25) is 0 Å². The first-order valence-corrected chi connectivity index (χ1v) is 12.2. The lowest BCUT2D eigenvalue weighted by Gasteiger charge is -2.44. The van der Waals surface area contributed by atoms with Gasteiger partial charge in [0.05, 0.1) is 5.57 Å². The molecule has 0 radical (unpaired) electrons. The zero-order valence-electron chi connectivity index (χ0n) is 20.7. The summed E-state index contributed by atoms with van der Waals surface area (Å²) in [4.78, 5) is 42.5. The number of hydrogen-bond donors (Lipinski definition) is 2. The summed E-state index contributed by atoms with van der Waals surface area (Å²) in [5, 5.41) is 13.6. The molecule has 0 spiro atoms. The van der Waals surface area contributed by atoms with Crippen LogP contribution in [0.15, 0.2) is 77.8 Å². The van der Waals surface area contributed by atoms with Crippen LogP contribution in [-0.2, 0) is 32.3 Å². The molecular weight excluding hydrogens is 515 g/mol. The summed E-state index contributed by atoms with van der Waals surface area (Å²) in [6.45, 7) is 1.10. The molecule has 3 aliphatic rings. The maximum Gasteiger partial charge on any atom is 0.274 e. The summed E-state index contributed by atoms with van der Waals surface area (Å²) in [6.07, 6.45) is 2.42. The van der Waals surface area contributed by atoms with Crippen LogP contribution >= 0.6 is 0 Å². The second kappa shape index (κ2) is 10.4. The molecule has 1 unspecified atom stereocenters. The molecule has 39 heavy (non-hydrogen) atoms. The maximum atomic E-state index is 14.1. The van der Waals surface area contributed by atoms with Crippen LogP contribution in [0, 0.1) is 17.5 Å². The van der Waals surface area contributed by atoms with E-state index in [1.54, 1.807) is 37.3 Å². The van der Waals surface area contributed by atoms with Crippen molar-refractivity contribution in [2.24, 2.45) is 0 Å². The summed E-state index contributed by atoms with van der Waals surface area (Å²) < 4.78 is 47.4. The molecule has 0 aromatic heterocycles. The average molecular weight is 540 g/mol. The van der Waals surface area contributed by atoms with Crippen LogP contribution in [0.2, 0.25) is 0 Å². The molecule has 2 amide bonds. The van der Waals surface area contributed by atoms with E-state index in [1.807, 2.05) is 6.07 Å². The molecule has 0 aliphatic carbocycles. The lowest BCUT2D eigenvalue weighted by molar-refractivity contribution is -0.137. The van der Waals surface area contributed by atoms with Crippen molar-refractivity contribution in [3.05, 3.63) is 106 Å². The van der Waals surface area contributed by atoms with Crippen molar-refractivity contribution in [1.82, 2.24) is 15.1 Å². The van der Waals surface area contributed by atoms with E-state index in [2.05, 4.69) is 5.32 Å². The van der Waals surface area contributed by atoms with Crippen molar-refractivity contribution in [2.75, 3.05) is 6.54 Å². The molecule has 2 bridgehead atoms. The largest absolute Gasteiger partial charge is 0.488 e. The standard InChI is InChI=1S/C28H24F3N3O5/c1-15-7-8-23(35)22-13-33(15)28(38)24-26(39-14-16-5-3-2-4-6-16)25(36)19(12-34(22)24)27(37)32-11-18-20(30)9-17(29)10-21(18)31/h2-10,12,15,22,25,36H,11,13-14H2,1H3,(H,32,37)/t15-,22+,25?/m0/s1. The third-order valence-electron chi connectivity index (χ3n) is 6.87. The van der Waals surface area contributed by atoms with Crippen molar-refractivity contribution < 1.29 is 37.4 Å². The molecule has 8 nitrogen and oxygen atoms in total. The first-order chi connectivity index (χ1) is 18.7. The van der Waals surface area contributed by atoms with E-state index in [-0.39, 0.29) is 36.0 Å². The zero-order chi connectivity index (χ0) is 27.8. The van der Waals surface area contributed by atoms with Crippen molar-refractivity contribution in [1.29, 1.82) is 0 Å². The summed E-state index contributed by atoms with van der Waals surface area (Å²) in [7, 11) is 0. The smallest absolute Gasteiger partial charge is 0.274 e. The molecule has 2 aromatic carbocycles. The van der Waals surface area contributed by atoms with E-state index < -0.39 is 59.6 Å². The fourth-order valence-corrected chi connectivity index (χ4v) is 4.74. The Morgan fingerprint density at radius 1 is 1.13 bits per heavy atom. The molecule has 3 heterocycles. The van der Waals surface area contributed by atoms with E-state index in [9.17, 15) is 32.7 Å². The highest BCUT2D eigenvalue weighted by molar-refractivity contribution is 6.04. The Balaban J connectivity index is 1.49. The second-order valence-corrected chi connectivity index (χ2v) is 9.39. The van der Waals surface area contributed by atoms with Crippen molar-refractivity contribution in [2.45, 2.75) is 38.3 Å². The summed E-state index contributed by atoms with van der Waals surface area (Å²) in [5.74, 6) is -5.45. The summed E-state index contributed by atoms with van der Waals surface area (Å²) in [6, 6.07) is 8.60. The quantitative estimate of drug-likeness (QED) is 0.586. The van der Waals surface area contributed by atoms with Crippen molar-refractivity contribution >= 4 is 17.6 Å². The van der Waals surface area contributed by atoms with Gasteiger partial charge in [-0.1, -0.05) is 36.4 Å². The Hall–Kier alpha value is -4.38. The normalized spacial score (nSPS) is 22.4. The lowest BCUT2D eigenvalue weighted by atomic mass is 9.96. The first kappa shape index (κ1) is 26.2. The van der Waals surface area contributed by atoms with Crippen LogP contribution in [0.3, 0.4) is 0 Å². The van der Waals surface area contributed by atoms with Crippen LogP contribution in [0.25, 0.3) is 0 Å². The topological polar surface area (TPSA) is 99.2 Å². The minimum atomic E-state index is -1.73. The number of nitrogens with zero attached hydrogens (tertiary/aromatic N) is 2. The minimum absolute atomic E-state index is 0.0365. The van der Waals surface area contributed by atoms with Gasteiger partial charge in [-0.15, -0.1) is 0 Å². The second-order valence-electron chi connectivity index (χ2n) is 9.39. The Morgan fingerprint density at radius 3 is 2.51 bits per heavy atom. The number of fused-ring (bicyclic) bond motifs is 4. The molecule has 11 heteroatoms. The number of piperazine rings is 1. The number of rotatable bonds is 6. The van der Waals surface area contributed by atoms with E-state index in [0.717, 1.165) is 5.56 Å². The Bertz CT molecular complexity index is 1420. The average Bonchev–Trinajstić information content (AvgIpc) is 3.03. The number of ketones is 1. The first-order valence-electron chi connectivity index (χ1n) is 12.2. The molecular formula is C28H24F3N3O5. The molecule has 202 valence electrons. The minimum Gasteiger partial charge on any atom is -0.488 e. The Kier molecular flexibility index (Phi) is 7.00. The number of carbonyl (C=O) groups excluding carboxylic acids is 3. The van der Waals surface area contributed by atoms with Crippen LogP contribution in [-0.4, -0.2) is 57.2 Å². The SMILES string of the molecule is C[C@H]1C=CC(=O)[C@H]2CN1C(=O)C1=C(OCc3ccccc3)C(O)C(C(=O)NCc3c(F)cc(F)cc3F)=CN12. The monoisotopic (exact) mass is 539 g/mol. The third kappa shape index (κ3) is 4.92. The maximum absolute atomic E-state index is 14.1. The number of benzene rings is 2. The van der Waals surface area contributed by atoms with Gasteiger partial charge in [0.15, 0.2) is 11.5 Å². The molecule has 3 aliphatic heterocycles. The number of aliphatic hydroxyl groups is 1. The molecule has 0 saturated carbocycles. The summed E-state index contributed by atoms with van der Waals surface area (Å²) >= 11 is 0. The number of halogens is 3. The number of amides is 2. The molecule has 1 saturated heterocycles. The highest BCUT2D eigenvalue weighted by atomic mass is 19.1. The zero-order valence-corrected chi connectivity index (χ0v) is 20.7. The van der Waals surface area contributed by atoms with E-state index in [1.165, 1.54) is 22.1 Å². The van der Waals surface area contributed by atoms with Crippen molar-refractivity contribution in [3.63, 3.8) is 0 Å². The van der Waals surface area contributed by atoms with Crippen LogP contribution in [0.5, 0.6) is 0 Å². The fraction of sp³-hybridized carbons (Fsp3) is 0.250. The molecule has 2 aromatic rings. The van der Waals surface area contributed by atoms with Gasteiger partial charge in [-0.05, 0) is 18.6 Å². The Labute approximate surface area is 221 Å². The number of ether oxygens (including phenoxy) is 1. The number of hydrogen-bond acceptors (Lipinski definition) is 6. The predicted octanol–water partition coefficient (Wildman–Crippen LogP) is 2.45. The molecule has 3 atom stereocenters. The predicted molar refractivity (Wildman–Crippen MR) is 131 cm³/mol. The number of nitrogens with one attached hydrogen (secondary N) is 1. The van der Waals surface area contributed by atoms with E-state index in [4.69, 9.17) is 4.74 Å². The molecule has 5 rings (SSSR count). The highest BCUT2D eigenvalue weighted by Gasteiger charge is 2.47. The fourth-order valence-electron chi connectivity index (χ4n) is 4.74. The highest BCUT2D eigenvalue weighted by Crippen LogP contribution is 2.35. The van der Waals surface area contributed by atoms with E-state index in [0.29, 0.717) is 12.1 Å². The van der Waals surface area contributed by atoms with Gasteiger partial charge >= 0.3 is 0 Å². The number of carbonyl (C=O) groups is 3. The van der Waals surface area contributed by atoms with Gasteiger partial charge in [-0.3, -0.25) is 14.4 Å². The van der Waals surface area contributed by atoms with Gasteiger partial charge in [-0.25, -0.2) is 13.2 Å². The number of aliphatic hydroxyl groups excluding tert-OH is 1. The van der Waals surface area contributed by atoms with Crippen molar-refractivity contribution in [3.8, 4) is 0 Å². The molecule has 2 N–H and O–H groups in total. The summed E-state index contributed by atoms with van der Waals surface area (Å²) in [5.41, 5.74) is -0.237. The van der Waals surface area contributed by atoms with Gasteiger partial charge in [-0.2, -0.15) is 0 Å².